The molecule has 0 atom stereocenters. The molecule has 0 fully saturated rings. The number of halogens is 2. The Hall–Kier alpha value is -1.03. The highest BCUT2D eigenvalue weighted by atomic mass is 35.5. The number of nitrogens with one attached hydrogen (secondary N) is 2. The van der Waals surface area contributed by atoms with Crippen molar-refractivity contribution < 1.29 is 0 Å². The van der Waals surface area contributed by atoms with E-state index < -0.39 is 0 Å². The smallest absolute Gasteiger partial charge is 0.0939 e. The monoisotopic (exact) mass is 283 g/mol. The Labute approximate surface area is 117 Å². The van der Waals surface area contributed by atoms with E-state index in [0.717, 1.165) is 23.5 Å². The quantitative estimate of drug-likeness (QED) is 0.894. The molecule has 1 aromatic heterocycles. The molecule has 0 aliphatic heterocycles. The van der Waals surface area contributed by atoms with Crippen LogP contribution in [0.3, 0.4) is 0 Å². The summed E-state index contributed by atoms with van der Waals surface area (Å²) in [6, 6.07) is 7.84. The van der Waals surface area contributed by atoms with Gasteiger partial charge < -0.3 is 5.32 Å². The molecular weight excluding hydrogens is 269 g/mol. The maximum atomic E-state index is 6.15. The van der Waals surface area contributed by atoms with Crippen LogP contribution in [0.4, 0.5) is 0 Å². The minimum Gasteiger partial charge on any atom is -0.309 e. The van der Waals surface area contributed by atoms with Crippen LogP contribution in [0.1, 0.15) is 19.5 Å². The number of hydrogen-bond donors (Lipinski definition) is 2. The Morgan fingerprint density at radius 1 is 1.28 bits per heavy atom. The average Bonchev–Trinajstić information content (AvgIpc) is 2.75. The van der Waals surface area contributed by atoms with E-state index >= 15 is 0 Å². The molecule has 1 aromatic carbocycles. The van der Waals surface area contributed by atoms with E-state index in [0.29, 0.717) is 16.1 Å². The van der Waals surface area contributed by atoms with Crippen LogP contribution in [0.25, 0.3) is 11.3 Å². The van der Waals surface area contributed by atoms with Crippen molar-refractivity contribution >= 4 is 23.2 Å². The number of H-pyrrole nitrogens is 1. The second kappa shape index (κ2) is 5.74. The summed E-state index contributed by atoms with van der Waals surface area (Å²) < 4.78 is 0. The lowest BCUT2D eigenvalue weighted by atomic mass is 10.1. The molecular formula is C13H15Cl2N3. The summed E-state index contributed by atoms with van der Waals surface area (Å²) in [6.07, 6.45) is 0. The van der Waals surface area contributed by atoms with Crippen molar-refractivity contribution in [2.45, 2.75) is 26.4 Å². The number of aromatic amines is 1. The van der Waals surface area contributed by atoms with Crippen molar-refractivity contribution in [1.29, 1.82) is 0 Å². The van der Waals surface area contributed by atoms with Crippen molar-refractivity contribution in [3.05, 3.63) is 40.0 Å². The van der Waals surface area contributed by atoms with E-state index in [1.807, 2.05) is 18.2 Å². The van der Waals surface area contributed by atoms with Crippen LogP contribution >= 0.6 is 23.2 Å². The molecule has 0 aliphatic rings. The number of hydrogen-bond acceptors (Lipinski definition) is 2. The van der Waals surface area contributed by atoms with Gasteiger partial charge in [-0.15, -0.1) is 0 Å². The van der Waals surface area contributed by atoms with Gasteiger partial charge in [0.2, 0.25) is 0 Å². The van der Waals surface area contributed by atoms with Crippen LogP contribution in [-0.4, -0.2) is 16.2 Å². The third-order valence-electron chi connectivity index (χ3n) is 2.54. The van der Waals surface area contributed by atoms with E-state index in [1.165, 1.54) is 0 Å². The van der Waals surface area contributed by atoms with Crippen LogP contribution < -0.4 is 5.32 Å². The Kier molecular flexibility index (Phi) is 4.27. The molecule has 2 aromatic rings. The maximum Gasteiger partial charge on any atom is 0.0939 e. The lowest BCUT2D eigenvalue weighted by molar-refractivity contribution is 0.580. The fourth-order valence-electron chi connectivity index (χ4n) is 1.60. The second-order valence-electron chi connectivity index (χ2n) is 4.44. The standard InChI is InChI=1S/C13H15Cl2N3/c1-8(2)16-7-10-6-13(18-17-10)11-4-3-9(14)5-12(11)15/h3-6,8,16H,7H2,1-2H3,(H,17,18). The Morgan fingerprint density at radius 3 is 2.72 bits per heavy atom. The van der Waals surface area contributed by atoms with Gasteiger partial charge in [-0.1, -0.05) is 37.0 Å². The zero-order valence-corrected chi connectivity index (χ0v) is 11.8. The molecule has 0 bridgehead atoms. The molecule has 2 N–H and O–H groups in total. The Bertz CT molecular complexity index is 535. The van der Waals surface area contributed by atoms with Crippen molar-refractivity contribution in [2.24, 2.45) is 0 Å². The van der Waals surface area contributed by atoms with E-state index in [-0.39, 0.29) is 0 Å². The topological polar surface area (TPSA) is 40.7 Å². The summed E-state index contributed by atoms with van der Waals surface area (Å²) in [4.78, 5) is 0. The average molecular weight is 284 g/mol. The maximum absolute atomic E-state index is 6.15. The van der Waals surface area contributed by atoms with E-state index in [1.54, 1.807) is 6.07 Å². The number of benzene rings is 1. The van der Waals surface area contributed by atoms with Crippen LogP contribution in [0, 0.1) is 0 Å². The minimum atomic E-state index is 0.441. The SMILES string of the molecule is CC(C)NCc1cc(-c2ccc(Cl)cc2Cl)n[nH]1. The predicted octanol–water partition coefficient (Wildman–Crippen LogP) is 3.88. The van der Waals surface area contributed by atoms with E-state index in [2.05, 4.69) is 29.4 Å². The largest absolute Gasteiger partial charge is 0.309 e. The molecule has 96 valence electrons. The fraction of sp³-hybridized carbons (Fsp3) is 0.308. The van der Waals surface area contributed by atoms with Crippen LogP contribution in [0.15, 0.2) is 24.3 Å². The highest BCUT2D eigenvalue weighted by Crippen LogP contribution is 2.29. The molecule has 0 amide bonds. The van der Waals surface area contributed by atoms with Gasteiger partial charge in [-0.2, -0.15) is 5.10 Å². The van der Waals surface area contributed by atoms with Gasteiger partial charge in [-0.3, -0.25) is 5.10 Å². The zero-order valence-electron chi connectivity index (χ0n) is 10.3. The van der Waals surface area contributed by atoms with E-state index in [9.17, 15) is 0 Å². The van der Waals surface area contributed by atoms with Crippen LogP contribution in [0.2, 0.25) is 10.0 Å². The summed E-state index contributed by atoms with van der Waals surface area (Å²) in [6.45, 7) is 4.97. The molecule has 0 unspecified atom stereocenters. The first-order valence-corrected chi connectivity index (χ1v) is 6.55. The minimum absolute atomic E-state index is 0.441. The van der Waals surface area contributed by atoms with Gasteiger partial charge in [0.1, 0.15) is 0 Å². The second-order valence-corrected chi connectivity index (χ2v) is 5.28. The predicted molar refractivity (Wildman–Crippen MR) is 76.0 cm³/mol. The molecule has 0 radical (unpaired) electrons. The molecule has 0 saturated heterocycles. The third kappa shape index (κ3) is 3.25. The number of aromatic nitrogens is 2. The Balaban J connectivity index is 2.18. The highest BCUT2D eigenvalue weighted by molar-refractivity contribution is 6.36. The van der Waals surface area contributed by atoms with Crippen molar-refractivity contribution in [2.75, 3.05) is 0 Å². The molecule has 2 rings (SSSR count). The Morgan fingerprint density at radius 2 is 2.06 bits per heavy atom. The molecule has 0 spiro atoms. The van der Waals surface area contributed by atoms with Crippen molar-refractivity contribution in [3.63, 3.8) is 0 Å². The lowest BCUT2D eigenvalue weighted by Gasteiger charge is -2.04. The van der Waals surface area contributed by atoms with Gasteiger partial charge in [0.05, 0.1) is 10.7 Å². The van der Waals surface area contributed by atoms with E-state index in [4.69, 9.17) is 23.2 Å². The lowest BCUT2D eigenvalue weighted by Crippen LogP contribution is -2.21. The molecule has 1 heterocycles. The van der Waals surface area contributed by atoms with Gasteiger partial charge in [0.15, 0.2) is 0 Å². The molecule has 5 heteroatoms. The number of nitrogens with zero attached hydrogens (tertiary/aromatic N) is 1. The normalized spacial score (nSPS) is 11.2. The summed E-state index contributed by atoms with van der Waals surface area (Å²) in [5.41, 5.74) is 2.75. The summed E-state index contributed by atoms with van der Waals surface area (Å²) in [5, 5.41) is 11.8. The summed E-state index contributed by atoms with van der Waals surface area (Å²) >= 11 is 12.0. The van der Waals surface area contributed by atoms with Gasteiger partial charge in [0, 0.05) is 28.9 Å². The molecule has 18 heavy (non-hydrogen) atoms. The molecule has 3 nitrogen and oxygen atoms in total. The third-order valence-corrected chi connectivity index (χ3v) is 3.09. The molecule has 0 aliphatic carbocycles. The fourth-order valence-corrected chi connectivity index (χ4v) is 2.11. The van der Waals surface area contributed by atoms with Gasteiger partial charge in [-0.25, -0.2) is 0 Å². The highest BCUT2D eigenvalue weighted by Gasteiger charge is 2.08. The van der Waals surface area contributed by atoms with Crippen LogP contribution in [0.5, 0.6) is 0 Å². The first-order valence-electron chi connectivity index (χ1n) is 5.79. The zero-order chi connectivity index (χ0) is 13.1. The first kappa shape index (κ1) is 13.4. The van der Waals surface area contributed by atoms with Crippen LogP contribution in [-0.2, 0) is 6.54 Å². The van der Waals surface area contributed by atoms with Gasteiger partial charge in [-0.05, 0) is 24.3 Å². The first-order chi connectivity index (χ1) is 8.56. The molecule has 0 saturated carbocycles. The summed E-state index contributed by atoms with van der Waals surface area (Å²) in [7, 11) is 0. The van der Waals surface area contributed by atoms with Gasteiger partial charge >= 0.3 is 0 Å². The van der Waals surface area contributed by atoms with Gasteiger partial charge in [0.25, 0.3) is 0 Å². The number of rotatable bonds is 4. The van der Waals surface area contributed by atoms with Crippen molar-refractivity contribution in [1.82, 2.24) is 15.5 Å². The van der Waals surface area contributed by atoms with Crippen molar-refractivity contribution in [3.8, 4) is 11.3 Å². The summed E-state index contributed by atoms with van der Waals surface area (Å²) in [5.74, 6) is 0.